The molecule has 1 unspecified atom stereocenters. The van der Waals surface area contributed by atoms with Crippen LogP contribution in [0.25, 0.3) is 10.8 Å². The zero-order valence-corrected chi connectivity index (χ0v) is 11.4. The summed E-state index contributed by atoms with van der Waals surface area (Å²) in [4.78, 5) is 0. The fourth-order valence-corrected chi connectivity index (χ4v) is 2.86. The summed E-state index contributed by atoms with van der Waals surface area (Å²) < 4.78 is 11.8. The van der Waals surface area contributed by atoms with E-state index in [1.807, 2.05) is 6.92 Å². The molecule has 2 nitrogen and oxygen atoms in total. The van der Waals surface area contributed by atoms with Crippen LogP contribution < -0.4 is 4.74 Å². The third-order valence-corrected chi connectivity index (χ3v) is 3.73. The molecule has 1 fully saturated rings. The zero-order valence-electron chi connectivity index (χ0n) is 11.4. The third kappa shape index (κ3) is 2.45. The van der Waals surface area contributed by atoms with Crippen LogP contribution in [-0.2, 0) is 4.74 Å². The molecule has 0 aromatic heterocycles. The van der Waals surface area contributed by atoms with E-state index in [0.717, 1.165) is 18.8 Å². The minimum absolute atomic E-state index is 0.182. The van der Waals surface area contributed by atoms with Gasteiger partial charge in [-0.3, -0.25) is 0 Å². The molecule has 0 aliphatic carbocycles. The molecule has 19 heavy (non-hydrogen) atoms. The largest absolute Gasteiger partial charge is 0.493 e. The monoisotopic (exact) mass is 256 g/mol. The standard InChI is InChI=1S/C17H20O2/c1-2-18-16-11-10-13-7-3-4-8-14(13)17(16)15-9-5-6-12-19-15/h3-4,7-8,10-11,15H,2,5-6,9,12H2,1H3. The predicted molar refractivity (Wildman–Crippen MR) is 77.7 cm³/mol. The van der Waals surface area contributed by atoms with Crippen LogP contribution in [0.4, 0.5) is 0 Å². The van der Waals surface area contributed by atoms with Gasteiger partial charge in [0.05, 0.1) is 12.7 Å². The lowest BCUT2D eigenvalue weighted by molar-refractivity contribution is 0.0143. The van der Waals surface area contributed by atoms with Crippen molar-refractivity contribution >= 4 is 10.8 Å². The van der Waals surface area contributed by atoms with Crippen molar-refractivity contribution in [1.82, 2.24) is 0 Å². The van der Waals surface area contributed by atoms with E-state index < -0.39 is 0 Å². The van der Waals surface area contributed by atoms with Crippen LogP contribution in [0.3, 0.4) is 0 Å². The van der Waals surface area contributed by atoms with Crippen LogP contribution in [0.1, 0.15) is 37.9 Å². The van der Waals surface area contributed by atoms with Gasteiger partial charge in [0.15, 0.2) is 0 Å². The fourth-order valence-electron chi connectivity index (χ4n) is 2.86. The van der Waals surface area contributed by atoms with Gasteiger partial charge in [-0.05, 0) is 43.0 Å². The van der Waals surface area contributed by atoms with E-state index in [9.17, 15) is 0 Å². The Kier molecular flexibility index (Phi) is 3.69. The molecule has 0 bridgehead atoms. The van der Waals surface area contributed by atoms with E-state index in [2.05, 4.69) is 36.4 Å². The van der Waals surface area contributed by atoms with Gasteiger partial charge < -0.3 is 9.47 Å². The second-order valence-electron chi connectivity index (χ2n) is 4.99. The summed E-state index contributed by atoms with van der Waals surface area (Å²) in [5.41, 5.74) is 1.24. The number of ether oxygens (including phenoxy) is 2. The van der Waals surface area contributed by atoms with E-state index >= 15 is 0 Å². The Balaban J connectivity index is 2.13. The van der Waals surface area contributed by atoms with E-state index in [1.54, 1.807) is 0 Å². The van der Waals surface area contributed by atoms with E-state index in [1.165, 1.54) is 29.2 Å². The number of rotatable bonds is 3. The molecular formula is C17H20O2. The summed E-state index contributed by atoms with van der Waals surface area (Å²) in [5, 5.41) is 2.52. The number of hydrogen-bond acceptors (Lipinski definition) is 2. The molecule has 1 aliphatic heterocycles. The second kappa shape index (κ2) is 5.62. The lowest BCUT2D eigenvalue weighted by atomic mass is 9.95. The van der Waals surface area contributed by atoms with Crippen molar-refractivity contribution in [2.75, 3.05) is 13.2 Å². The summed E-state index contributed by atoms with van der Waals surface area (Å²) in [5.74, 6) is 0.980. The van der Waals surface area contributed by atoms with Gasteiger partial charge in [-0.25, -0.2) is 0 Å². The molecule has 2 aromatic rings. The van der Waals surface area contributed by atoms with Gasteiger partial charge in [0.25, 0.3) is 0 Å². The Hall–Kier alpha value is -1.54. The Morgan fingerprint density at radius 2 is 2.05 bits per heavy atom. The topological polar surface area (TPSA) is 18.5 Å². The van der Waals surface area contributed by atoms with E-state index in [4.69, 9.17) is 9.47 Å². The van der Waals surface area contributed by atoms with Gasteiger partial charge in [0, 0.05) is 12.2 Å². The summed E-state index contributed by atoms with van der Waals surface area (Å²) in [7, 11) is 0. The molecule has 1 saturated heterocycles. The molecule has 2 aromatic carbocycles. The molecule has 2 heteroatoms. The van der Waals surface area contributed by atoms with Crippen molar-refractivity contribution in [2.45, 2.75) is 32.3 Å². The van der Waals surface area contributed by atoms with Crippen molar-refractivity contribution in [1.29, 1.82) is 0 Å². The van der Waals surface area contributed by atoms with Gasteiger partial charge in [-0.2, -0.15) is 0 Å². The minimum atomic E-state index is 0.182. The first kappa shape index (κ1) is 12.5. The highest BCUT2D eigenvalue weighted by molar-refractivity contribution is 5.88. The first-order valence-corrected chi connectivity index (χ1v) is 7.16. The first-order valence-electron chi connectivity index (χ1n) is 7.16. The van der Waals surface area contributed by atoms with E-state index in [-0.39, 0.29) is 6.10 Å². The van der Waals surface area contributed by atoms with Crippen LogP contribution in [0, 0.1) is 0 Å². The van der Waals surface area contributed by atoms with Crippen molar-refractivity contribution in [3.8, 4) is 5.75 Å². The lowest BCUT2D eigenvalue weighted by Crippen LogP contribution is -2.13. The van der Waals surface area contributed by atoms with Gasteiger partial charge in [-0.15, -0.1) is 0 Å². The number of fused-ring (bicyclic) bond motifs is 1. The molecule has 0 radical (unpaired) electrons. The SMILES string of the molecule is CCOc1ccc2ccccc2c1C1CCCCO1. The Morgan fingerprint density at radius 3 is 2.84 bits per heavy atom. The van der Waals surface area contributed by atoms with Crippen molar-refractivity contribution in [3.63, 3.8) is 0 Å². The molecule has 1 atom stereocenters. The molecule has 0 amide bonds. The highest BCUT2D eigenvalue weighted by atomic mass is 16.5. The number of benzene rings is 2. The Bertz CT molecular complexity index is 556. The minimum Gasteiger partial charge on any atom is -0.493 e. The Morgan fingerprint density at radius 1 is 1.16 bits per heavy atom. The third-order valence-electron chi connectivity index (χ3n) is 3.73. The van der Waals surface area contributed by atoms with Crippen molar-refractivity contribution in [3.05, 3.63) is 42.0 Å². The van der Waals surface area contributed by atoms with Crippen LogP contribution in [0.15, 0.2) is 36.4 Å². The van der Waals surface area contributed by atoms with E-state index in [0.29, 0.717) is 6.61 Å². The maximum Gasteiger partial charge on any atom is 0.125 e. The van der Waals surface area contributed by atoms with Crippen LogP contribution >= 0.6 is 0 Å². The summed E-state index contributed by atoms with van der Waals surface area (Å²) in [6, 6.07) is 12.7. The van der Waals surface area contributed by atoms with Crippen LogP contribution in [0.5, 0.6) is 5.75 Å². The summed E-state index contributed by atoms with van der Waals surface area (Å²) in [6.45, 7) is 3.58. The maximum atomic E-state index is 5.98. The average molecular weight is 256 g/mol. The molecule has 1 heterocycles. The summed E-state index contributed by atoms with van der Waals surface area (Å²) >= 11 is 0. The lowest BCUT2D eigenvalue weighted by Gasteiger charge is -2.26. The van der Waals surface area contributed by atoms with Gasteiger partial charge >= 0.3 is 0 Å². The highest BCUT2D eigenvalue weighted by Crippen LogP contribution is 2.39. The predicted octanol–water partition coefficient (Wildman–Crippen LogP) is 4.48. The average Bonchev–Trinajstić information content (AvgIpc) is 2.48. The second-order valence-corrected chi connectivity index (χ2v) is 4.99. The quantitative estimate of drug-likeness (QED) is 0.806. The highest BCUT2D eigenvalue weighted by Gasteiger charge is 2.22. The molecule has 1 aliphatic rings. The molecule has 3 rings (SSSR count). The molecule has 0 saturated carbocycles. The zero-order chi connectivity index (χ0) is 13.1. The maximum absolute atomic E-state index is 5.98. The van der Waals surface area contributed by atoms with Gasteiger partial charge in [0.1, 0.15) is 5.75 Å². The van der Waals surface area contributed by atoms with Gasteiger partial charge in [0.2, 0.25) is 0 Å². The number of hydrogen-bond donors (Lipinski definition) is 0. The molecular weight excluding hydrogens is 236 g/mol. The Labute approximate surface area is 114 Å². The van der Waals surface area contributed by atoms with Crippen LogP contribution in [-0.4, -0.2) is 13.2 Å². The summed E-state index contributed by atoms with van der Waals surface area (Å²) in [6.07, 6.45) is 3.68. The molecule has 0 N–H and O–H groups in total. The van der Waals surface area contributed by atoms with Gasteiger partial charge in [-0.1, -0.05) is 30.3 Å². The molecule has 100 valence electrons. The van der Waals surface area contributed by atoms with Crippen LogP contribution in [0.2, 0.25) is 0 Å². The van der Waals surface area contributed by atoms with Crippen molar-refractivity contribution in [2.24, 2.45) is 0 Å². The normalized spacial score (nSPS) is 19.5. The van der Waals surface area contributed by atoms with Crippen molar-refractivity contribution < 1.29 is 9.47 Å². The fraction of sp³-hybridized carbons (Fsp3) is 0.412. The smallest absolute Gasteiger partial charge is 0.125 e. The molecule has 0 spiro atoms. The first-order chi connectivity index (χ1) is 9.40.